The van der Waals surface area contributed by atoms with Gasteiger partial charge in [0.1, 0.15) is 11.2 Å². The van der Waals surface area contributed by atoms with Gasteiger partial charge in [0.15, 0.2) is 0 Å². The molecule has 0 aromatic carbocycles. The number of fused-ring (bicyclic) bond motifs is 1. The number of ether oxygens (including phenoxy) is 3. The molecule has 1 aromatic rings. The van der Waals surface area contributed by atoms with E-state index in [2.05, 4.69) is 33.0 Å². The number of unbranched alkanes of at least 4 members (excludes halogenated alkanes) is 1. The summed E-state index contributed by atoms with van der Waals surface area (Å²) in [6, 6.07) is 3.55. The minimum Gasteiger partial charge on any atom is -0.468 e. The summed E-state index contributed by atoms with van der Waals surface area (Å²) in [4.78, 5) is 41.8. The van der Waals surface area contributed by atoms with Crippen molar-refractivity contribution in [2.45, 2.75) is 85.5 Å². The quantitative estimate of drug-likeness (QED) is 0.317. The Labute approximate surface area is 226 Å². The van der Waals surface area contributed by atoms with E-state index in [-0.39, 0.29) is 42.7 Å². The van der Waals surface area contributed by atoms with Gasteiger partial charge in [0.2, 0.25) is 11.8 Å². The molecular weight excluding hydrogens is 488 g/mol. The van der Waals surface area contributed by atoms with E-state index >= 15 is 0 Å². The van der Waals surface area contributed by atoms with E-state index in [9.17, 15) is 14.4 Å². The van der Waals surface area contributed by atoms with Gasteiger partial charge in [0.25, 0.3) is 0 Å². The third-order valence-electron chi connectivity index (χ3n) is 7.44. The monoisotopic (exact) mass is 532 g/mol. The standard InChI is InChI=1S/C29H44N2O7/c1-7-8-13-36-14-10-12-30-25(32)16-21-18-29(27(34)35-6)20(2)38-24(28(3,4)5)17-23(29)31(26(21)33)19-22-11-9-15-37-22/h9,11,15,17,20-21,24H,7-8,10,12-14,16,18-19H2,1-6H3,(H,30,32)/t20-,21+,24-,29+/m1/s1. The molecule has 4 atom stereocenters. The van der Waals surface area contributed by atoms with E-state index in [4.69, 9.17) is 18.6 Å². The van der Waals surface area contributed by atoms with Gasteiger partial charge in [0, 0.05) is 37.8 Å². The Balaban J connectivity index is 1.86. The Hall–Kier alpha value is -2.65. The number of nitrogens with zero attached hydrogens (tertiary/aromatic N) is 1. The highest BCUT2D eigenvalue weighted by atomic mass is 16.5. The van der Waals surface area contributed by atoms with Gasteiger partial charge in [0.05, 0.1) is 32.1 Å². The number of carbonyl (C=O) groups excluding carboxylic acids is 3. The molecule has 9 nitrogen and oxygen atoms in total. The third kappa shape index (κ3) is 6.67. The van der Waals surface area contributed by atoms with Crippen LogP contribution in [0.4, 0.5) is 0 Å². The van der Waals surface area contributed by atoms with Gasteiger partial charge in [-0.05, 0) is 49.8 Å². The number of hydrogen-bond acceptors (Lipinski definition) is 7. The van der Waals surface area contributed by atoms with Crippen LogP contribution in [-0.2, 0) is 35.1 Å². The Morgan fingerprint density at radius 3 is 2.61 bits per heavy atom. The minimum absolute atomic E-state index is 0.0361. The van der Waals surface area contributed by atoms with E-state index < -0.39 is 23.4 Å². The molecule has 0 spiro atoms. The highest BCUT2D eigenvalue weighted by Gasteiger charge is 2.60. The lowest BCUT2D eigenvalue weighted by molar-refractivity contribution is -0.180. The molecule has 3 heterocycles. The van der Waals surface area contributed by atoms with Crippen molar-refractivity contribution in [2.24, 2.45) is 16.7 Å². The van der Waals surface area contributed by atoms with Crippen LogP contribution in [0.5, 0.6) is 0 Å². The third-order valence-corrected chi connectivity index (χ3v) is 7.44. The summed E-state index contributed by atoms with van der Waals surface area (Å²) in [6.07, 6.45) is 5.41. The molecule has 2 amide bonds. The fraction of sp³-hybridized carbons (Fsp3) is 0.690. The fourth-order valence-corrected chi connectivity index (χ4v) is 5.21. The zero-order valence-corrected chi connectivity index (χ0v) is 23.7. The summed E-state index contributed by atoms with van der Waals surface area (Å²) in [5.74, 6) is -1.07. The number of esters is 1. The van der Waals surface area contributed by atoms with Gasteiger partial charge >= 0.3 is 5.97 Å². The summed E-state index contributed by atoms with van der Waals surface area (Å²) in [5, 5.41) is 2.90. The first-order valence-electron chi connectivity index (χ1n) is 13.7. The maximum absolute atomic E-state index is 13.9. The van der Waals surface area contributed by atoms with Gasteiger partial charge in [-0.1, -0.05) is 34.1 Å². The van der Waals surface area contributed by atoms with Crippen LogP contribution < -0.4 is 5.32 Å². The number of likely N-dealkylation sites (tertiary alicyclic amines) is 1. The number of methoxy groups -OCH3 is 1. The molecule has 212 valence electrons. The van der Waals surface area contributed by atoms with Gasteiger partial charge < -0.3 is 28.8 Å². The summed E-state index contributed by atoms with van der Waals surface area (Å²) in [5.41, 5.74) is -0.931. The molecule has 0 unspecified atom stereocenters. The summed E-state index contributed by atoms with van der Waals surface area (Å²) < 4.78 is 22.8. The van der Waals surface area contributed by atoms with Gasteiger partial charge in [-0.15, -0.1) is 0 Å². The molecule has 38 heavy (non-hydrogen) atoms. The molecule has 0 radical (unpaired) electrons. The highest BCUT2D eigenvalue weighted by Crippen LogP contribution is 2.52. The van der Waals surface area contributed by atoms with Crippen molar-refractivity contribution in [2.75, 3.05) is 26.9 Å². The molecule has 0 aliphatic carbocycles. The van der Waals surface area contributed by atoms with Crippen molar-refractivity contribution in [1.29, 1.82) is 0 Å². The maximum atomic E-state index is 13.9. The second-order valence-electron chi connectivity index (χ2n) is 11.4. The molecule has 2 aliphatic heterocycles. The highest BCUT2D eigenvalue weighted by molar-refractivity contribution is 5.92. The van der Waals surface area contributed by atoms with Crippen LogP contribution in [-0.4, -0.2) is 61.8 Å². The lowest BCUT2D eigenvalue weighted by atomic mass is 9.65. The van der Waals surface area contributed by atoms with Crippen molar-refractivity contribution < 1.29 is 33.0 Å². The molecule has 1 fully saturated rings. The zero-order chi connectivity index (χ0) is 27.9. The number of rotatable bonds is 12. The molecule has 1 aromatic heterocycles. The second-order valence-corrected chi connectivity index (χ2v) is 11.4. The second kappa shape index (κ2) is 12.9. The molecule has 2 aliphatic rings. The van der Waals surface area contributed by atoms with E-state index in [1.54, 1.807) is 23.3 Å². The van der Waals surface area contributed by atoms with E-state index in [1.807, 2.05) is 13.0 Å². The van der Waals surface area contributed by atoms with Gasteiger partial charge in [-0.25, -0.2) is 0 Å². The smallest absolute Gasteiger partial charge is 0.320 e. The van der Waals surface area contributed by atoms with Crippen LogP contribution in [0.1, 0.15) is 72.5 Å². The number of nitrogens with one attached hydrogen (secondary N) is 1. The number of hydrogen-bond donors (Lipinski definition) is 1. The van der Waals surface area contributed by atoms with Crippen LogP contribution in [0.15, 0.2) is 34.6 Å². The Bertz CT molecular complexity index is 982. The Kier molecular flexibility index (Phi) is 10.2. The van der Waals surface area contributed by atoms with Crippen molar-refractivity contribution in [1.82, 2.24) is 10.2 Å². The molecule has 0 bridgehead atoms. The van der Waals surface area contributed by atoms with Gasteiger partial charge in [-0.2, -0.15) is 0 Å². The molecule has 1 saturated heterocycles. The van der Waals surface area contributed by atoms with E-state index in [1.165, 1.54) is 7.11 Å². The summed E-state index contributed by atoms with van der Waals surface area (Å²) in [6.45, 7) is 12.0. The first-order chi connectivity index (χ1) is 18.0. The first-order valence-corrected chi connectivity index (χ1v) is 13.7. The predicted octanol–water partition coefficient (Wildman–Crippen LogP) is 4.22. The largest absolute Gasteiger partial charge is 0.468 e. The predicted molar refractivity (Wildman–Crippen MR) is 142 cm³/mol. The van der Waals surface area contributed by atoms with Crippen molar-refractivity contribution in [3.8, 4) is 0 Å². The molecule has 3 rings (SSSR count). The van der Waals surface area contributed by atoms with Crippen LogP contribution in [0.2, 0.25) is 0 Å². The van der Waals surface area contributed by atoms with Crippen LogP contribution >= 0.6 is 0 Å². The number of piperidine rings is 1. The average molecular weight is 533 g/mol. The number of carbonyl (C=O) groups is 3. The normalized spacial score (nSPS) is 25.5. The first kappa shape index (κ1) is 29.9. The van der Waals surface area contributed by atoms with Crippen LogP contribution in [0, 0.1) is 16.7 Å². The van der Waals surface area contributed by atoms with E-state index in [0.717, 1.165) is 12.8 Å². The zero-order valence-electron chi connectivity index (χ0n) is 23.7. The number of amides is 2. The molecule has 0 saturated carbocycles. The van der Waals surface area contributed by atoms with Crippen molar-refractivity contribution in [3.05, 3.63) is 35.9 Å². The van der Waals surface area contributed by atoms with Crippen molar-refractivity contribution >= 4 is 17.8 Å². The topological polar surface area (TPSA) is 107 Å². The van der Waals surface area contributed by atoms with Crippen molar-refractivity contribution in [3.63, 3.8) is 0 Å². The Morgan fingerprint density at radius 1 is 1.24 bits per heavy atom. The SMILES string of the molecule is CCCCOCCCNC(=O)C[C@H]1C[C@@]2(C(=O)OC)C(=C[C@H](C(C)(C)C)O[C@@H]2C)N(Cc2ccco2)C1=O. The van der Waals surface area contributed by atoms with Gasteiger partial charge in [-0.3, -0.25) is 14.4 Å². The van der Waals surface area contributed by atoms with E-state index in [0.29, 0.717) is 37.6 Å². The summed E-state index contributed by atoms with van der Waals surface area (Å²) >= 11 is 0. The molecule has 1 N–H and O–H groups in total. The lowest BCUT2D eigenvalue weighted by Crippen LogP contribution is -2.61. The fourth-order valence-electron chi connectivity index (χ4n) is 5.21. The molecule has 9 heteroatoms. The number of furan rings is 1. The maximum Gasteiger partial charge on any atom is 0.320 e. The Morgan fingerprint density at radius 2 is 1.97 bits per heavy atom. The average Bonchev–Trinajstić information content (AvgIpc) is 3.38. The molecular formula is C29H44N2O7. The minimum atomic E-state index is -1.23. The lowest BCUT2D eigenvalue weighted by Gasteiger charge is -2.52. The van der Waals surface area contributed by atoms with Crippen LogP contribution in [0.25, 0.3) is 0 Å². The summed E-state index contributed by atoms with van der Waals surface area (Å²) in [7, 11) is 1.34. The van der Waals surface area contributed by atoms with Crippen LogP contribution in [0.3, 0.4) is 0 Å².